The van der Waals surface area contributed by atoms with Gasteiger partial charge >= 0.3 is 0 Å². The summed E-state index contributed by atoms with van der Waals surface area (Å²) in [6, 6.07) is 20.4. The number of nitrogens with zero attached hydrogens (tertiary/aromatic N) is 5. The molecule has 5 aromatic rings. The lowest BCUT2D eigenvalue weighted by atomic mass is 9.91. The largest absolute Gasteiger partial charge is 0.294 e. The van der Waals surface area contributed by atoms with Gasteiger partial charge < -0.3 is 0 Å². The van der Waals surface area contributed by atoms with Crippen LogP contribution in [-0.2, 0) is 5.41 Å². The summed E-state index contributed by atoms with van der Waals surface area (Å²) in [6.07, 6.45) is 12.6. The van der Waals surface area contributed by atoms with Crippen LogP contribution in [0.25, 0.3) is 0 Å². The Kier molecular flexibility index (Phi) is 22.1. The summed E-state index contributed by atoms with van der Waals surface area (Å²) in [6.45, 7) is 31.3. The number of aryl methyl sites for hydroxylation is 2. The van der Waals surface area contributed by atoms with E-state index in [9.17, 15) is 9.59 Å². The van der Waals surface area contributed by atoms with Gasteiger partial charge in [0.2, 0.25) is 0 Å². The van der Waals surface area contributed by atoms with Gasteiger partial charge in [-0.1, -0.05) is 138 Å². The van der Waals surface area contributed by atoms with E-state index >= 15 is 0 Å². The van der Waals surface area contributed by atoms with Crippen LogP contribution in [0.4, 0.5) is 0 Å². The highest BCUT2D eigenvalue weighted by Gasteiger charge is 2.18. The Morgan fingerprint density at radius 1 is 0.590 bits per heavy atom. The third-order valence-electron chi connectivity index (χ3n) is 9.71. The minimum Gasteiger partial charge on any atom is -0.294 e. The molecule has 1 aliphatic rings. The summed E-state index contributed by atoms with van der Waals surface area (Å²) in [5, 5.41) is 0. The number of aromatic nitrogens is 5. The lowest BCUT2D eigenvalue weighted by Gasteiger charge is -2.16. The summed E-state index contributed by atoms with van der Waals surface area (Å²) in [4.78, 5) is 43.7. The van der Waals surface area contributed by atoms with Gasteiger partial charge in [-0.05, 0) is 85.4 Å². The van der Waals surface area contributed by atoms with Gasteiger partial charge in [0.05, 0.1) is 5.56 Å². The molecule has 0 N–H and O–H groups in total. The lowest BCUT2D eigenvalue weighted by molar-refractivity contribution is 0.0980. The predicted octanol–water partition coefficient (Wildman–Crippen LogP) is 13.8. The molecule has 0 aliphatic heterocycles. The third-order valence-corrected chi connectivity index (χ3v) is 9.71. The zero-order valence-electron chi connectivity index (χ0n) is 39.9. The van der Waals surface area contributed by atoms with Crippen molar-refractivity contribution in [1.82, 2.24) is 24.9 Å². The third kappa shape index (κ3) is 20.2. The Balaban J connectivity index is 0.000000265. The van der Waals surface area contributed by atoms with Crippen LogP contribution in [0, 0.1) is 31.6 Å². The maximum atomic E-state index is 11.3. The average Bonchev–Trinajstić information content (AvgIpc) is 4.08. The van der Waals surface area contributed by atoms with Crippen LogP contribution < -0.4 is 0 Å². The van der Waals surface area contributed by atoms with Crippen molar-refractivity contribution in [2.24, 2.45) is 5.92 Å². The highest BCUT2D eigenvalue weighted by atomic mass is 16.1. The minimum absolute atomic E-state index is 0.0929. The second kappa shape index (κ2) is 26.1. The van der Waals surface area contributed by atoms with Gasteiger partial charge in [-0.3, -0.25) is 24.5 Å². The van der Waals surface area contributed by atoms with Crippen LogP contribution in [0.15, 0.2) is 91.6 Å². The van der Waals surface area contributed by atoms with Gasteiger partial charge in [0, 0.05) is 89.3 Å². The molecule has 1 aromatic carbocycles. The maximum Gasteiger partial charge on any atom is 0.165 e. The first kappa shape index (κ1) is 51.8. The molecule has 0 spiro atoms. The first-order valence-corrected chi connectivity index (χ1v) is 22.1. The topological polar surface area (TPSA) is 98.6 Å². The molecule has 0 atom stereocenters. The number of carbonyl (C=O) groups is 2. The van der Waals surface area contributed by atoms with Crippen molar-refractivity contribution in [2.75, 3.05) is 0 Å². The highest BCUT2D eigenvalue weighted by Crippen LogP contribution is 2.27. The van der Waals surface area contributed by atoms with E-state index in [4.69, 9.17) is 0 Å². The average molecular weight is 824 g/mol. The second-order valence-electron chi connectivity index (χ2n) is 17.8. The van der Waals surface area contributed by atoms with Crippen LogP contribution >= 0.6 is 0 Å². The van der Waals surface area contributed by atoms with Crippen molar-refractivity contribution in [1.29, 1.82) is 0 Å². The lowest BCUT2D eigenvalue weighted by Crippen LogP contribution is -2.12. The number of hydrogen-bond donors (Lipinski definition) is 0. The number of Topliss-reactive ketones (excluding diaryl/α,β-unsaturated/α-hetero) is 2. The molecule has 7 nitrogen and oxygen atoms in total. The van der Waals surface area contributed by atoms with Crippen LogP contribution in [0.3, 0.4) is 0 Å². The van der Waals surface area contributed by atoms with E-state index in [2.05, 4.69) is 142 Å². The van der Waals surface area contributed by atoms with Crippen molar-refractivity contribution in [3.8, 4) is 11.8 Å². The summed E-state index contributed by atoms with van der Waals surface area (Å²) in [5.74, 6) is 10.1. The zero-order valence-corrected chi connectivity index (χ0v) is 39.9. The van der Waals surface area contributed by atoms with Gasteiger partial charge in [0.15, 0.2) is 11.6 Å². The Morgan fingerprint density at radius 2 is 1.16 bits per heavy atom. The molecule has 1 saturated carbocycles. The SMILES string of the molecule is CC(C)(C)c1ccc(C#CC2CC2)cn1.CCC(=O)c1ccc(C(C)C)cc1.CCC(=O)c1cnc(C(C)C)nc1.Cc1ccc(C(C)C)cn1.Cc1ccc(C(C)C)nc1. The summed E-state index contributed by atoms with van der Waals surface area (Å²) in [7, 11) is 0. The summed E-state index contributed by atoms with van der Waals surface area (Å²) < 4.78 is 0. The quantitative estimate of drug-likeness (QED) is 0.113. The molecule has 0 saturated heterocycles. The van der Waals surface area contributed by atoms with Crippen LogP contribution in [-0.4, -0.2) is 36.5 Å². The molecule has 0 amide bonds. The van der Waals surface area contributed by atoms with Gasteiger partial charge in [-0.2, -0.15) is 0 Å². The van der Waals surface area contributed by atoms with Crippen molar-refractivity contribution in [3.63, 3.8) is 0 Å². The fourth-order valence-corrected chi connectivity index (χ4v) is 5.21. The van der Waals surface area contributed by atoms with Crippen LogP contribution in [0.2, 0.25) is 0 Å². The molecule has 4 aromatic heterocycles. The Hall–Kier alpha value is -5.35. The van der Waals surface area contributed by atoms with Gasteiger partial charge in [0.1, 0.15) is 5.82 Å². The van der Waals surface area contributed by atoms with E-state index in [1.165, 1.54) is 35.2 Å². The monoisotopic (exact) mass is 824 g/mol. The van der Waals surface area contributed by atoms with Crippen molar-refractivity contribution in [3.05, 3.63) is 148 Å². The highest BCUT2D eigenvalue weighted by molar-refractivity contribution is 5.96. The van der Waals surface area contributed by atoms with E-state index in [1.54, 1.807) is 12.4 Å². The van der Waals surface area contributed by atoms with E-state index in [0.29, 0.717) is 48.0 Å². The smallest absolute Gasteiger partial charge is 0.165 e. The number of ketones is 2. The van der Waals surface area contributed by atoms with E-state index in [0.717, 1.165) is 28.3 Å². The molecule has 4 heterocycles. The summed E-state index contributed by atoms with van der Waals surface area (Å²) in [5.41, 5.74) is 9.80. The number of pyridine rings is 3. The second-order valence-corrected chi connectivity index (χ2v) is 17.8. The molecule has 326 valence electrons. The van der Waals surface area contributed by atoms with E-state index in [-0.39, 0.29) is 17.0 Å². The van der Waals surface area contributed by atoms with Gasteiger partial charge in [-0.25, -0.2) is 9.97 Å². The van der Waals surface area contributed by atoms with E-state index < -0.39 is 0 Å². The van der Waals surface area contributed by atoms with Crippen LogP contribution in [0.5, 0.6) is 0 Å². The molecule has 0 bridgehead atoms. The minimum atomic E-state index is 0.0929. The van der Waals surface area contributed by atoms with E-state index in [1.807, 2.05) is 77.5 Å². The molecule has 1 fully saturated rings. The fourth-order valence-electron chi connectivity index (χ4n) is 5.21. The predicted molar refractivity (Wildman–Crippen MR) is 255 cm³/mol. The normalized spacial score (nSPS) is 11.7. The van der Waals surface area contributed by atoms with Gasteiger partial charge in [0.25, 0.3) is 0 Å². The molecule has 7 heteroatoms. The Bertz CT molecular complexity index is 1970. The Morgan fingerprint density at radius 3 is 1.57 bits per heavy atom. The summed E-state index contributed by atoms with van der Waals surface area (Å²) >= 11 is 0. The first-order chi connectivity index (χ1) is 28.7. The fraction of sp³-hybridized carbons (Fsp3) is 0.463. The van der Waals surface area contributed by atoms with Crippen molar-refractivity contribution < 1.29 is 9.59 Å². The number of hydrogen-bond acceptors (Lipinski definition) is 7. The zero-order chi connectivity index (χ0) is 45.7. The number of carbonyl (C=O) groups excluding carboxylic acids is 2. The van der Waals surface area contributed by atoms with Crippen molar-refractivity contribution in [2.45, 2.75) is 159 Å². The standard InChI is InChI=1S/C14H17N.C12H16O.C10H14N2O.2C9H13N/c1-14(2,3)13-9-8-12(10-15-13)7-6-11-4-5-11;1-4-12(13)11-7-5-10(6-8-11)9(2)3;1-4-9(13)8-5-11-10(7(2)3)12-6-8;1-7(2)9-5-4-8(3)10-6-9;1-7(2)9-5-4-8(3)6-10-9/h8-11H,4-5H2,1-3H3;5-9H,4H2,1-3H3;5-7H,4H2,1-3H3;2*4-7H,1-3H3. The first-order valence-electron chi connectivity index (χ1n) is 22.1. The van der Waals surface area contributed by atoms with Gasteiger partial charge in [-0.15, -0.1) is 0 Å². The molecular formula is C54H73N5O2. The maximum absolute atomic E-state index is 11.3. The molecule has 6 rings (SSSR count). The molecular weight excluding hydrogens is 751 g/mol. The van der Waals surface area contributed by atoms with Crippen LogP contribution in [0.1, 0.15) is 205 Å². The number of benzene rings is 1. The van der Waals surface area contributed by atoms with Crippen molar-refractivity contribution >= 4 is 11.6 Å². The molecule has 0 radical (unpaired) electrons. The number of rotatable bonds is 8. The molecule has 61 heavy (non-hydrogen) atoms. The Labute approximate surface area is 369 Å². The molecule has 1 aliphatic carbocycles. The molecule has 0 unspecified atom stereocenters.